The number of hydrogen-bond acceptors (Lipinski definition) is 3. The van der Waals surface area contributed by atoms with E-state index in [1.54, 1.807) is 0 Å². The van der Waals surface area contributed by atoms with Crippen molar-refractivity contribution in [2.45, 2.75) is 25.8 Å². The Hall–Kier alpha value is -1.68. The highest BCUT2D eigenvalue weighted by Crippen LogP contribution is 2.25. The summed E-state index contributed by atoms with van der Waals surface area (Å²) in [6, 6.07) is 10.4. The molecule has 0 radical (unpaired) electrons. The van der Waals surface area contributed by atoms with Crippen LogP contribution in [0.1, 0.15) is 31.6 Å². The third-order valence-corrected chi connectivity index (χ3v) is 3.53. The maximum Gasteiger partial charge on any atom is 0.181 e. The maximum absolute atomic E-state index is 4.61. The Morgan fingerprint density at radius 3 is 2.83 bits per heavy atom. The maximum atomic E-state index is 4.61. The van der Waals surface area contributed by atoms with Crippen molar-refractivity contribution in [3.05, 3.63) is 36.2 Å². The van der Waals surface area contributed by atoms with Gasteiger partial charge in [0.05, 0.1) is 6.04 Å². The average Bonchev–Trinajstić information content (AvgIpc) is 2.89. The summed E-state index contributed by atoms with van der Waals surface area (Å²) in [5.74, 6) is 2.49. The summed E-state index contributed by atoms with van der Waals surface area (Å²) in [5.41, 5.74) is 1.06. The lowest BCUT2D eigenvalue weighted by atomic mass is 9.94. The highest BCUT2D eigenvalue weighted by molar-refractivity contribution is 5.53. The van der Waals surface area contributed by atoms with Gasteiger partial charge in [-0.3, -0.25) is 5.10 Å². The van der Waals surface area contributed by atoms with Crippen LogP contribution in [0, 0.1) is 5.92 Å². The Kier molecular flexibility index (Phi) is 3.11. The first kappa shape index (κ1) is 11.4. The highest BCUT2D eigenvalue weighted by Gasteiger charge is 2.22. The molecule has 3 rings (SSSR count). The molecule has 1 aromatic heterocycles. The smallest absolute Gasteiger partial charge is 0.181 e. The molecule has 2 aromatic rings. The van der Waals surface area contributed by atoms with Crippen molar-refractivity contribution in [1.29, 1.82) is 0 Å². The van der Waals surface area contributed by atoms with E-state index in [9.17, 15) is 0 Å². The van der Waals surface area contributed by atoms with Gasteiger partial charge in [-0.25, -0.2) is 4.98 Å². The third kappa shape index (κ3) is 2.29. The van der Waals surface area contributed by atoms with Crippen LogP contribution < -0.4 is 5.32 Å². The average molecular weight is 242 g/mol. The minimum Gasteiger partial charge on any atom is -0.307 e. The van der Waals surface area contributed by atoms with Gasteiger partial charge in [0, 0.05) is 5.56 Å². The summed E-state index contributed by atoms with van der Waals surface area (Å²) in [6.07, 6.45) is 2.37. The van der Waals surface area contributed by atoms with Crippen LogP contribution in [0.25, 0.3) is 11.4 Å². The molecule has 2 atom stereocenters. The lowest BCUT2D eigenvalue weighted by Gasteiger charge is -2.26. The molecule has 2 N–H and O–H groups in total. The molecule has 2 unspecified atom stereocenters. The SMILES string of the molecule is CC1CCNC(c2nc(-c3ccccc3)n[nH]2)C1. The van der Waals surface area contributed by atoms with E-state index in [1.807, 2.05) is 30.3 Å². The van der Waals surface area contributed by atoms with E-state index in [4.69, 9.17) is 0 Å². The molecule has 18 heavy (non-hydrogen) atoms. The molecular weight excluding hydrogens is 224 g/mol. The Balaban J connectivity index is 1.81. The second-order valence-electron chi connectivity index (χ2n) is 5.05. The largest absolute Gasteiger partial charge is 0.307 e. The van der Waals surface area contributed by atoms with Crippen molar-refractivity contribution in [2.75, 3.05) is 6.54 Å². The van der Waals surface area contributed by atoms with Crippen LogP contribution in [-0.4, -0.2) is 21.7 Å². The van der Waals surface area contributed by atoms with E-state index < -0.39 is 0 Å². The molecule has 0 bridgehead atoms. The first-order valence-corrected chi connectivity index (χ1v) is 6.54. The topological polar surface area (TPSA) is 53.6 Å². The molecule has 0 aliphatic carbocycles. The van der Waals surface area contributed by atoms with Gasteiger partial charge in [0.15, 0.2) is 5.82 Å². The Bertz CT molecular complexity index is 506. The van der Waals surface area contributed by atoms with Crippen LogP contribution in [0.15, 0.2) is 30.3 Å². The second kappa shape index (κ2) is 4.90. The lowest BCUT2D eigenvalue weighted by molar-refractivity contribution is 0.316. The van der Waals surface area contributed by atoms with E-state index in [0.29, 0.717) is 6.04 Å². The van der Waals surface area contributed by atoms with E-state index in [-0.39, 0.29) is 0 Å². The van der Waals surface area contributed by atoms with Crippen LogP contribution in [0.5, 0.6) is 0 Å². The van der Waals surface area contributed by atoms with E-state index in [2.05, 4.69) is 27.4 Å². The standard InChI is InChI=1S/C14H18N4/c1-10-7-8-15-12(9-10)14-16-13(17-18-14)11-5-3-2-4-6-11/h2-6,10,12,15H,7-9H2,1H3,(H,16,17,18). The number of aromatic amines is 1. The molecule has 4 nitrogen and oxygen atoms in total. The molecule has 0 amide bonds. The van der Waals surface area contributed by atoms with Gasteiger partial charge in [-0.2, -0.15) is 5.10 Å². The minimum atomic E-state index is 0.318. The monoisotopic (exact) mass is 242 g/mol. The number of nitrogens with one attached hydrogen (secondary N) is 2. The van der Waals surface area contributed by atoms with Crippen molar-refractivity contribution >= 4 is 0 Å². The quantitative estimate of drug-likeness (QED) is 0.851. The van der Waals surface area contributed by atoms with Gasteiger partial charge < -0.3 is 5.32 Å². The van der Waals surface area contributed by atoms with Crippen molar-refractivity contribution < 1.29 is 0 Å². The van der Waals surface area contributed by atoms with Crippen molar-refractivity contribution in [3.8, 4) is 11.4 Å². The van der Waals surface area contributed by atoms with Crippen LogP contribution in [0.4, 0.5) is 0 Å². The predicted molar refractivity (Wildman–Crippen MR) is 71.0 cm³/mol. The first-order chi connectivity index (χ1) is 8.83. The van der Waals surface area contributed by atoms with Crippen molar-refractivity contribution in [2.24, 2.45) is 5.92 Å². The molecule has 0 saturated carbocycles. The third-order valence-electron chi connectivity index (χ3n) is 3.53. The van der Waals surface area contributed by atoms with Crippen molar-refractivity contribution in [1.82, 2.24) is 20.5 Å². The molecule has 1 aromatic carbocycles. The molecule has 0 spiro atoms. The molecule has 1 aliphatic rings. The summed E-state index contributed by atoms with van der Waals surface area (Å²) in [4.78, 5) is 4.61. The van der Waals surface area contributed by atoms with Crippen LogP contribution in [0.2, 0.25) is 0 Å². The number of benzene rings is 1. The number of rotatable bonds is 2. The fourth-order valence-electron chi connectivity index (χ4n) is 2.46. The van der Waals surface area contributed by atoms with Crippen LogP contribution >= 0.6 is 0 Å². The number of nitrogens with zero attached hydrogens (tertiary/aromatic N) is 2. The Morgan fingerprint density at radius 2 is 2.06 bits per heavy atom. The molecular formula is C14H18N4. The normalized spacial score (nSPS) is 24.1. The lowest BCUT2D eigenvalue weighted by Crippen LogP contribution is -2.31. The number of piperidine rings is 1. The summed E-state index contributed by atoms with van der Waals surface area (Å²) in [5, 5.41) is 10.9. The molecule has 1 fully saturated rings. The summed E-state index contributed by atoms with van der Waals surface area (Å²) in [6.45, 7) is 3.36. The van der Waals surface area contributed by atoms with Gasteiger partial charge >= 0.3 is 0 Å². The molecule has 94 valence electrons. The van der Waals surface area contributed by atoms with Crippen molar-refractivity contribution in [3.63, 3.8) is 0 Å². The Labute approximate surface area is 107 Å². The highest BCUT2D eigenvalue weighted by atomic mass is 15.2. The van der Waals surface area contributed by atoms with Gasteiger partial charge in [0.25, 0.3) is 0 Å². The van der Waals surface area contributed by atoms with E-state index >= 15 is 0 Å². The molecule has 4 heteroatoms. The summed E-state index contributed by atoms with van der Waals surface area (Å²) >= 11 is 0. The number of H-pyrrole nitrogens is 1. The van der Waals surface area contributed by atoms with E-state index in [0.717, 1.165) is 36.1 Å². The number of aromatic nitrogens is 3. The zero-order valence-electron chi connectivity index (χ0n) is 10.6. The fourth-order valence-corrected chi connectivity index (χ4v) is 2.46. The first-order valence-electron chi connectivity index (χ1n) is 6.54. The van der Waals surface area contributed by atoms with Gasteiger partial charge in [-0.05, 0) is 25.3 Å². The van der Waals surface area contributed by atoms with Gasteiger partial charge in [-0.15, -0.1) is 0 Å². The summed E-state index contributed by atoms with van der Waals surface area (Å²) < 4.78 is 0. The van der Waals surface area contributed by atoms with E-state index in [1.165, 1.54) is 6.42 Å². The zero-order chi connectivity index (χ0) is 12.4. The van der Waals surface area contributed by atoms with Gasteiger partial charge in [0.2, 0.25) is 0 Å². The van der Waals surface area contributed by atoms with Crippen LogP contribution in [0.3, 0.4) is 0 Å². The van der Waals surface area contributed by atoms with Crippen LogP contribution in [-0.2, 0) is 0 Å². The number of hydrogen-bond donors (Lipinski definition) is 2. The second-order valence-corrected chi connectivity index (χ2v) is 5.05. The van der Waals surface area contributed by atoms with Gasteiger partial charge in [-0.1, -0.05) is 37.3 Å². The zero-order valence-corrected chi connectivity index (χ0v) is 10.6. The summed E-state index contributed by atoms with van der Waals surface area (Å²) in [7, 11) is 0. The fraction of sp³-hybridized carbons (Fsp3) is 0.429. The Morgan fingerprint density at radius 1 is 1.22 bits per heavy atom. The predicted octanol–water partition coefficient (Wildman–Crippen LogP) is 2.53. The minimum absolute atomic E-state index is 0.318. The molecule has 1 aliphatic heterocycles. The molecule has 2 heterocycles. The van der Waals surface area contributed by atoms with Gasteiger partial charge in [0.1, 0.15) is 5.82 Å². The molecule has 1 saturated heterocycles.